The van der Waals surface area contributed by atoms with E-state index in [4.69, 9.17) is 17.3 Å². The van der Waals surface area contributed by atoms with Gasteiger partial charge in [-0.2, -0.15) is 5.10 Å². The average molecular weight is 380 g/mol. The summed E-state index contributed by atoms with van der Waals surface area (Å²) in [6, 6.07) is 13.6. The molecule has 0 atom stereocenters. The van der Waals surface area contributed by atoms with Crippen molar-refractivity contribution in [1.29, 1.82) is 0 Å². The Morgan fingerprint density at radius 1 is 1.15 bits per heavy atom. The highest BCUT2D eigenvalue weighted by molar-refractivity contribution is 7.71. The summed E-state index contributed by atoms with van der Waals surface area (Å²) in [6.07, 6.45) is 0. The number of benzene rings is 2. The van der Waals surface area contributed by atoms with Crippen LogP contribution >= 0.6 is 12.2 Å². The summed E-state index contributed by atoms with van der Waals surface area (Å²) in [5, 5.41) is 15.8. The average Bonchev–Trinajstić information content (AvgIpc) is 3.03. The SMILES string of the molecule is CC(C)n1nc(-c2cc(-c3cc(F)ccc3O)nc(=S)[nH]2)c2ccccc21. The molecule has 0 saturated heterocycles. The predicted octanol–water partition coefficient (Wildman–Crippen LogP) is 5.25. The number of aromatic nitrogens is 4. The molecule has 0 bridgehead atoms. The maximum atomic E-state index is 13.7. The molecule has 2 N–H and O–H groups in total. The van der Waals surface area contributed by atoms with E-state index >= 15 is 0 Å². The van der Waals surface area contributed by atoms with Gasteiger partial charge in [0.1, 0.15) is 17.3 Å². The van der Waals surface area contributed by atoms with Gasteiger partial charge in [-0.1, -0.05) is 18.2 Å². The van der Waals surface area contributed by atoms with Crippen LogP contribution in [0, 0.1) is 10.6 Å². The largest absolute Gasteiger partial charge is 0.507 e. The molecule has 0 aliphatic carbocycles. The fourth-order valence-corrected chi connectivity index (χ4v) is 3.33. The second-order valence-corrected chi connectivity index (χ2v) is 6.94. The van der Waals surface area contributed by atoms with Crippen LogP contribution in [0.15, 0.2) is 48.5 Å². The van der Waals surface area contributed by atoms with Gasteiger partial charge in [0.2, 0.25) is 0 Å². The van der Waals surface area contributed by atoms with E-state index in [0.29, 0.717) is 11.4 Å². The Morgan fingerprint density at radius 2 is 1.93 bits per heavy atom. The molecule has 0 unspecified atom stereocenters. The van der Waals surface area contributed by atoms with Crippen LogP contribution < -0.4 is 0 Å². The van der Waals surface area contributed by atoms with Crippen molar-refractivity contribution in [3.8, 4) is 28.4 Å². The van der Waals surface area contributed by atoms with Gasteiger partial charge in [-0.3, -0.25) is 4.68 Å². The molecule has 0 aliphatic rings. The van der Waals surface area contributed by atoms with Crippen LogP contribution in [-0.2, 0) is 0 Å². The fraction of sp³-hybridized carbons (Fsp3) is 0.150. The van der Waals surface area contributed by atoms with Gasteiger partial charge >= 0.3 is 0 Å². The normalized spacial score (nSPS) is 11.4. The quantitative estimate of drug-likeness (QED) is 0.477. The van der Waals surface area contributed by atoms with Gasteiger partial charge in [-0.25, -0.2) is 9.37 Å². The number of phenols is 1. The number of H-pyrrole nitrogens is 1. The van der Waals surface area contributed by atoms with Gasteiger partial charge in [0, 0.05) is 17.0 Å². The van der Waals surface area contributed by atoms with Crippen LogP contribution in [0.5, 0.6) is 5.75 Å². The Labute approximate surface area is 160 Å². The lowest BCUT2D eigenvalue weighted by molar-refractivity contribution is 0.475. The number of nitrogens with one attached hydrogen (secondary N) is 1. The topological polar surface area (TPSA) is 66.7 Å². The number of nitrogens with zero attached hydrogens (tertiary/aromatic N) is 3. The first-order chi connectivity index (χ1) is 12.9. The maximum absolute atomic E-state index is 13.7. The van der Waals surface area contributed by atoms with Crippen molar-refractivity contribution in [2.24, 2.45) is 0 Å². The monoisotopic (exact) mass is 380 g/mol. The van der Waals surface area contributed by atoms with Gasteiger partial charge < -0.3 is 10.1 Å². The second-order valence-electron chi connectivity index (χ2n) is 6.55. The molecular weight excluding hydrogens is 363 g/mol. The fourth-order valence-electron chi connectivity index (χ4n) is 3.12. The molecule has 136 valence electrons. The first kappa shape index (κ1) is 17.4. The zero-order chi connectivity index (χ0) is 19.1. The van der Waals surface area contributed by atoms with E-state index in [1.54, 1.807) is 6.07 Å². The molecule has 2 heterocycles. The number of hydrogen-bond donors (Lipinski definition) is 2. The molecule has 0 saturated carbocycles. The summed E-state index contributed by atoms with van der Waals surface area (Å²) in [6.45, 7) is 4.13. The van der Waals surface area contributed by atoms with E-state index in [0.717, 1.165) is 16.6 Å². The number of rotatable bonds is 3. The third kappa shape index (κ3) is 3.10. The van der Waals surface area contributed by atoms with Crippen molar-refractivity contribution in [1.82, 2.24) is 19.7 Å². The molecule has 0 spiro atoms. The van der Waals surface area contributed by atoms with Crippen LogP contribution in [-0.4, -0.2) is 24.9 Å². The van der Waals surface area contributed by atoms with Gasteiger partial charge in [0.15, 0.2) is 4.77 Å². The number of halogens is 1. The summed E-state index contributed by atoms with van der Waals surface area (Å²) in [7, 11) is 0. The van der Waals surface area contributed by atoms with Crippen LogP contribution in [0.3, 0.4) is 0 Å². The molecule has 2 aromatic carbocycles. The van der Waals surface area contributed by atoms with Gasteiger partial charge in [0.05, 0.1) is 16.9 Å². The number of aromatic amines is 1. The summed E-state index contributed by atoms with van der Waals surface area (Å²) >= 11 is 5.27. The van der Waals surface area contributed by atoms with E-state index in [1.165, 1.54) is 18.2 Å². The molecular formula is C20H17FN4OS. The number of fused-ring (bicyclic) bond motifs is 1. The van der Waals surface area contributed by atoms with Crippen LogP contribution in [0.25, 0.3) is 33.5 Å². The Bertz CT molecular complexity index is 1210. The molecule has 0 amide bonds. The molecule has 5 nitrogen and oxygen atoms in total. The lowest BCUT2D eigenvalue weighted by atomic mass is 10.1. The van der Waals surface area contributed by atoms with Crippen molar-refractivity contribution in [2.75, 3.05) is 0 Å². The highest BCUT2D eigenvalue weighted by atomic mass is 32.1. The molecule has 0 fully saturated rings. The van der Waals surface area contributed by atoms with Gasteiger partial charge in [-0.15, -0.1) is 0 Å². The molecule has 0 aliphatic heterocycles. The molecule has 4 aromatic rings. The van der Waals surface area contributed by atoms with E-state index in [-0.39, 0.29) is 22.1 Å². The minimum absolute atomic E-state index is 0.0620. The third-order valence-electron chi connectivity index (χ3n) is 4.34. The number of aromatic hydroxyl groups is 1. The summed E-state index contributed by atoms with van der Waals surface area (Å²) < 4.78 is 15.8. The summed E-state index contributed by atoms with van der Waals surface area (Å²) in [5.74, 6) is -0.521. The lowest BCUT2D eigenvalue weighted by Crippen LogP contribution is -2.02. The van der Waals surface area contributed by atoms with Crippen molar-refractivity contribution in [3.05, 3.63) is 59.1 Å². The van der Waals surface area contributed by atoms with Crippen molar-refractivity contribution >= 4 is 23.1 Å². The number of phenolic OH excluding ortho intramolecular Hbond substituents is 1. The van der Waals surface area contributed by atoms with E-state index in [1.807, 2.05) is 28.9 Å². The van der Waals surface area contributed by atoms with Gasteiger partial charge in [-0.05, 0) is 56.4 Å². The minimum atomic E-state index is -0.459. The van der Waals surface area contributed by atoms with Crippen molar-refractivity contribution < 1.29 is 9.50 Å². The van der Waals surface area contributed by atoms with E-state index in [9.17, 15) is 9.50 Å². The minimum Gasteiger partial charge on any atom is -0.507 e. The molecule has 7 heteroatoms. The van der Waals surface area contributed by atoms with Crippen LogP contribution in [0.2, 0.25) is 0 Å². The van der Waals surface area contributed by atoms with Crippen molar-refractivity contribution in [3.63, 3.8) is 0 Å². The Kier molecular flexibility index (Phi) is 4.24. The highest BCUT2D eigenvalue weighted by Crippen LogP contribution is 2.33. The lowest BCUT2D eigenvalue weighted by Gasteiger charge is -2.07. The van der Waals surface area contributed by atoms with E-state index in [2.05, 4.69) is 23.8 Å². The van der Waals surface area contributed by atoms with Crippen LogP contribution in [0.4, 0.5) is 4.39 Å². The maximum Gasteiger partial charge on any atom is 0.197 e. The predicted molar refractivity (Wildman–Crippen MR) is 106 cm³/mol. The molecule has 27 heavy (non-hydrogen) atoms. The number of hydrogen-bond acceptors (Lipinski definition) is 4. The summed E-state index contributed by atoms with van der Waals surface area (Å²) in [4.78, 5) is 7.32. The Hall–Kier alpha value is -3.06. The Morgan fingerprint density at radius 3 is 2.70 bits per heavy atom. The third-order valence-corrected chi connectivity index (χ3v) is 4.53. The number of para-hydroxylation sites is 1. The first-order valence-electron chi connectivity index (χ1n) is 8.52. The molecule has 0 radical (unpaired) electrons. The standard InChI is InChI=1S/C20H17FN4OS/c1-11(2)25-17-6-4-3-5-13(17)19(24-25)16-10-15(22-20(27)23-16)14-9-12(21)7-8-18(14)26/h3-11,26H,1-2H3,(H,22,23,27). The zero-order valence-electron chi connectivity index (χ0n) is 14.8. The zero-order valence-corrected chi connectivity index (χ0v) is 15.6. The van der Waals surface area contributed by atoms with Crippen LogP contribution in [0.1, 0.15) is 19.9 Å². The van der Waals surface area contributed by atoms with E-state index < -0.39 is 5.82 Å². The van der Waals surface area contributed by atoms with Crippen molar-refractivity contribution in [2.45, 2.75) is 19.9 Å². The highest BCUT2D eigenvalue weighted by Gasteiger charge is 2.16. The first-order valence-corrected chi connectivity index (χ1v) is 8.93. The second kappa shape index (κ2) is 6.59. The molecule has 2 aromatic heterocycles. The van der Waals surface area contributed by atoms with Gasteiger partial charge in [0.25, 0.3) is 0 Å². The molecule has 4 rings (SSSR count). The summed E-state index contributed by atoms with van der Waals surface area (Å²) in [5.41, 5.74) is 3.06. The Balaban J connectivity index is 1.97. The smallest absolute Gasteiger partial charge is 0.197 e.